The summed E-state index contributed by atoms with van der Waals surface area (Å²) in [5.41, 5.74) is -1.28. The molecule has 0 bridgehead atoms. The molecule has 1 amide bonds. The molecule has 0 aliphatic heterocycles. The third-order valence-corrected chi connectivity index (χ3v) is 7.13. The van der Waals surface area contributed by atoms with Crippen molar-refractivity contribution in [2.24, 2.45) is 0 Å². The van der Waals surface area contributed by atoms with Gasteiger partial charge in [0.25, 0.3) is 5.56 Å². The van der Waals surface area contributed by atoms with Crippen LogP contribution in [-0.2, 0) is 24.4 Å². The lowest BCUT2D eigenvalue weighted by Crippen LogP contribution is -2.48. The van der Waals surface area contributed by atoms with Gasteiger partial charge in [-0.15, -0.1) is 0 Å². The van der Waals surface area contributed by atoms with Crippen molar-refractivity contribution in [1.82, 2.24) is 9.88 Å². The van der Waals surface area contributed by atoms with Gasteiger partial charge in [-0.1, -0.05) is 6.92 Å². The number of Topliss-reactive ketones (excluding diaryl/α,β-unsaturated/α-hetero) is 1. The number of carbonyl (C=O) groups excluding carboxylic acids is 2. The average molecular weight is 580 g/mol. The zero-order chi connectivity index (χ0) is 29.7. The first-order chi connectivity index (χ1) is 18.1. The number of aliphatic carboxylic acids is 1. The Labute approximate surface area is 219 Å². The molecule has 0 fully saturated rings. The fourth-order valence-corrected chi connectivity index (χ4v) is 3.92. The Hall–Kier alpha value is -3.95. The summed E-state index contributed by atoms with van der Waals surface area (Å²) in [6, 6.07) is -0.817. The topological polar surface area (TPSA) is 161 Å². The first-order valence-electron chi connectivity index (χ1n) is 11.3. The molecule has 0 aliphatic carbocycles. The molecule has 1 heterocycles. The second-order valence-electron chi connectivity index (χ2n) is 8.47. The number of amides is 1. The number of benzene rings is 1. The molecule has 214 valence electrons. The number of pyridine rings is 1. The quantitative estimate of drug-likeness (QED) is 0.240. The first-order valence-corrected chi connectivity index (χ1v) is 12.9. The van der Waals surface area contributed by atoms with Crippen LogP contribution in [0.25, 0.3) is 0 Å². The van der Waals surface area contributed by atoms with Crippen LogP contribution in [0.1, 0.15) is 39.7 Å². The number of carbonyl (C=O) groups is 3. The second-order valence-corrected chi connectivity index (χ2v) is 10.7. The molecule has 2 rings (SSSR count). The highest BCUT2D eigenvalue weighted by Crippen LogP contribution is 2.26. The summed E-state index contributed by atoms with van der Waals surface area (Å²) in [6.07, 6.45) is 0.0794. The van der Waals surface area contributed by atoms with E-state index in [1.54, 1.807) is 0 Å². The maximum absolute atomic E-state index is 13.8. The third-order valence-electron chi connectivity index (χ3n) is 5.39. The normalized spacial score (nSPS) is 13.0. The highest BCUT2D eigenvalue weighted by molar-refractivity contribution is 7.93. The maximum atomic E-state index is 13.8. The van der Waals surface area contributed by atoms with E-state index in [1.807, 2.05) is 0 Å². The summed E-state index contributed by atoms with van der Waals surface area (Å²) in [4.78, 5) is 49.7. The van der Waals surface area contributed by atoms with Crippen molar-refractivity contribution >= 4 is 33.4 Å². The highest BCUT2D eigenvalue weighted by atomic mass is 32.2. The van der Waals surface area contributed by atoms with Crippen LogP contribution in [0.4, 0.5) is 23.2 Å². The van der Waals surface area contributed by atoms with Gasteiger partial charge < -0.3 is 19.7 Å². The van der Waals surface area contributed by atoms with Crippen LogP contribution in [-0.4, -0.2) is 53.6 Å². The fraction of sp³-hybridized carbons (Fsp3) is 0.391. The van der Waals surface area contributed by atoms with E-state index in [0.29, 0.717) is 0 Å². The SMILES string of the molecule is CC[C@H](C(=O)NC(CC(=O)O)C(=O)COc1c(F)c(F)cc(F)c1F)n1cccc(NS(=O)(=O)C(C)C)c1=O. The Bertz CT molecular complexity index is 1400. The molecule has 1 aromatic heterocycles. The molecule has 0 spiro atoms. The Kier molecular flexibility index (Phi) is 10.2. The fourth-order valence-electron chi connectivity index (χ4n) is 3.22. The molecule has 2 atom stereocenters. The van der Waals surface area contributed by atoms with E-state index in [1.165, 1.54) is 39.1 Å². The number of anilines is 1. The lowest BCUT2D eigenvalue weighted by Gasteiger charge is -2.22. The van der Waals surface area contributed by atoms with Gasteiger partial charge in [-0.3, -0.25) is 23.9 Å². The molecule has 1 unspecified atom stereocenters. The van der Waals surface area contributed by atoms with Crippen LogP contribution >= 0.6 is 0 Å². The summed E-state index contributed by atoms with van der Waals surface area (Å²) < 4.78 is 86.3. The number of rotatable bonds is 13. The van der Waals surface area contributed by atoms with Gasteiger partial charge >= 0.3 is 5.97 Å². The lowest BCUT2D eigenvalue weighted by molar-refractivity contribution is -0.140. The first kappa shape index (κ1) is 31.3. The minimum atomic E-state index is -3.92. The molecule has 11 nitrogen and oxygen atoms in total. The molecule has 0 saturated heterocycles. The highest BCUT2D eigenvalue weighted by Gasteiger charge is 2.30. The van der Waals surface area contributed by atoms with Crippen LogP contribution < -0.4 is 20.3 Å². The van der Waals surface area contributed by atoms with Gasteiger partial charge in [-0.25, -0.2) is 17.2 Å². The number of nitrogens with zero attached hydrogens (tertiary/aromatic N) is 1. The average Bonchev–Trinajstić information content (AvgIpc) is 2.84. The molecule has 1 aromatic carbocycles. The predicted molar refractivity (Wildman–Crippen MR) is 129 cm³/mol. The number of halogens is 4. The van der Waals surface area contributed by atoms with Gasteiger partial charge in [0.2, 0.25) is 27.6 Å². The largest absolute Gasteiger partial charge is 0.481 e. The van der Waals surface area contributed by atoms with Crippen LogP contribution in [0, 0.1) is 23.3 Å². The van der Waals surface area contributed by atoms with Crippen molar-refractivity contribution in [3.8, 4) is 5.75 Å². The minimum Gasteiger partial charge on any atom is -0.481 e. The Morgan fingerprint density at radius 1 is 1.10 bits per heavy atom. The number of sulfonamides is 1. The number of aromatic nitrogens is 1. The number of ether oxygens (including phenoxy) is 1. The number of nitrogens with one attached hydrogen (secondary N) is 2. The Morgan fingerprint density at radius 2 is 1.69 bits per heavy atom. The zero-order valence-electron chi connectivity index (χ0n) is 20.8. The standard InChI is InChI=1S/C23H25F4N3O8S/c1-4-16(30-7-5-6-14(23(30)35)29-39(36,37)11(2)3)22(34)28-15(9-18(32)33)17(31)10-38-21-19(26)12(24)8-13(25)20(21)27/h5-8,11,15-16,29H,4,9-10H2,1-3H3,(H,28,34)(H,32,33)/t15?,16-/m1/s1. The smallest absolute Gasteiger partial charge is 0.305 e. The summed E-state index contributed by atoms with van der Waals surface area (Å²) in [5.74, 6) is -12.9. The van der Waals surface area contributed by atoms with Gasteiger partial charge in [0.15, 0.2) is 23.2 Å². The Morgan fingerprint density at radius 3 is 2.21 bits per heavy atom. The summed E-state index contributed by atoms with van der Waals surface area (Å²) in [5, 5.41) is 10.4. The zero-order valence-corrected chi connectivity index (χ0v) is 21.7. The molecular weight excluding hydrogens is 554 g/mol. The van der Waals surface area contributed by atoms with Gasteiger partial charge in [-0.2, -0.15) is 8.78 Å². The number of carboxylic acids is 1. The minimum absolute atomic E-state index is 0.0738. The van der Waals surface area contributed by atoms with Crippen LogP contribution in [0.2, 0.25) is 0 Å². The molecular formula is C23H25F4N3O8S. The van der Waals surface area contributed by atoms with E-state index in [4.69, 9.17) is 5.11 Å². The number of carboxylic acid groups (broad SMARTS) is 1. The van der Waals surface area contributed by atoms with E-state index in [2.05, 4.69) is 14.8 Å². The van der Waals surface area contributed by atoms with E-state index in [-0.39, 0.29) is 18.2 Å². The summed E-state index contributed by atoms with van der Waals surface area (Å²) in [6.45, 7) is 2.95. The Balaban J connectivity index is 2.29. The third kappa shape index (κ3) is 7.55. The second kappa shape index (κ2) is 12.7. The van der Waals surface area contributed by atoms with Gasteiger partial charge in [0, 0.05) is 12.3 Å². The van der Waals surface area contributed by atoms with Crippen LogP contribution in [0.3, 0.4) is 0 Å². The number of hydrogen-bond acceptors (Lipinski definition) is 7. The van der Waals surface area contributed by atoms with E-state index >= 15 is 0 Å². The van der Waals surface area contributed by atoms with Gasteiger partial charge in [-0.05, 0) is 32.4 Å². The summed E-state index contributed by atoms with van der Waals surface area (Å²) in [7, 11) is -3.92. The van der Waals surface area contributed by atoms with Crippen molar-refractivity contribution in [3.05, 3.63) is 58.0 Å². The molecule has 16 heteroatoms. The van der Waals surface area contributed by atoms with Gasteiger partial charge in [0.1, 0.15) is 24.4 Å². The number of hydrogen-bond donors (Lipinski definition) is 3. The van der Waals surface area contributed by atoms with Crippen LogP contribution in [0.5, 0.6) is 5.75 Å². The van der Waals surface area contributed by atoms with E-state index in [0.717, 1.165) is 4.57 Å². The van der Waals surface area contributed by atoms with Crippen molar-refractivity contribution in [3.63, 3.8) is 0 Å². The monoisotopic (exact) mass is 579 g/mol. The molecule has 0 aliphatic rings. The number of ketones is 1. The molecule has 3 N–H and O–H groups in total. The van der Waals surface area contributed by atoms with E-state index < -0.39 is 92.6 Å². The molecule has 0 radical (unpaired) electrons. The van der Waals surface area contributed by atoms with Crippen molar-refractivity contribution < 1.29 is 50.2 Å². The summed E-state index contributed by atoms with van der Waals surface area (Å²) >= 11 is 0. The van der Waals surface area contributed by atoms with E-state index in [9.17, 15) is 45.2 Å². The lowest BCUT2D eigenvalue weighted by atomic mass is 10.1. The predicted octanol–water partition coefficient (Wildman–Crippen LogP) is 2.11. The van der Waals surface area contributed by atoms with Crippen LogP contribution in [0.15, 0.2) is 29.2 Å². The molecule has 2 aromatic rings. The molecule has 0 saturated carbocycles. The van der Waals surface area contributed by atoms with Gasteiger partial charge in [0.05, 0.1) is 11.7 Å². The van der Waals surface area contributed by atoms with Crippen molar-refractivity contribution in [2.45, 2.75) is 50.9 Å². The van der Waals surface area contributed by atoms with Crippen molar-refractivity contribution in [1.29, 1.82) is 0 Å². The van der Waals surface area contributed by atoms with Crippen molar-refractivity contribution in [2.75, 3.05) is 11.3 Å². The maximum Gasteiger partial charge on any atom is 0.305 e. The molecule has 39 heavy (non-hydrogen) atoms.